The van der Waals surface area contributed by atoms with Crippen molar-refractivity contribution in [1.82, 2.24) is 29.9 Å². The third-order valence-electron chi connectivity index (χ3n) is 4.87. The maximum atomic E-state index is 12.5. The van der Waals surface area contributed by atoms with Crippen molar-refractivity contribution in [3.05, 3.63) is 23.8 Å². The lowest BCUT2D eigenvalue weighted by molar-refractivity contribution is 0.101. The highest BCUT2D eigenvalue weighted by molar-refractivity contribution is 6.01. The molecule has 1 aliphatic rings. The van der Waals surface area contributed by atoms with Gasteiger partial charge in [0.15, 0.2) is 11.5 Å². The van der Waals surface area contributed by atoms with Gasteiger partial charge < -0.3 is 5.32 Å². The largest absolute Gasteiger partial charge is 0.317 e. The molecular weight excluding hydrogens is 354 g/mol. The standard InChI is InChI=1S/C17H27N7O.ClH/c1-4-13(5-2)24-11-8-14(21-24)16(25)20-17-19-15(22-23(17)3)12-6-9-18-10-7-12;/h8,11-13,18H,4-7,9-10H2,1-3H3,(H,19,20,22,25);1H. The lowest BCUT2D eigenvalue weighted by Crippen LogP contribution is -2.27. The molecule has 0 aliphatic carbocycles. The van der Waals surface area contributed by atoms with Crippen LogP contribution in [0.2, 0.25) is 0 Å². The fraction of sp³-hybridized carbons (Fsp3) is 0.647. The van der Waals surface area contributed by atoms with Crippen molar-refractivity contribution in [1.29, 1.82) is 0 Å². The maximum absolute atomic E-state index is 12.5. The molecule has 0 saturated carbocycles. The van der Waals surface area contributed by atoms with Gasteiger partial charge in [0.2, 0.25) is 5.95 Å². The molecule has 144 valence electrons. The molecule has 2 aromatic heterocycles. The van der Waals surface area contributed by atoms with Gasteiger partial charge in [-0.25, -0.2) is 4.68 Å². The number of nitrogens with one attached hydrogen (secondary N) is 2. The Bertz CT molecular complexity index is 717. The molecule has 3 rings (SSSR count). The van der Waals surface area contributed by atoms with Gasteiger partial charge in [0, 0.05) is 19.2 Å². The average Bonchev–Trinajstić information content (AvgIpc) is 3.25. The Balaban J connectivity index is 0.00000243. The van der Waals surface area contributed by atoms with E-state index in [-0.39, 0.29) is 18.3 Å². The summed E-state index contributed by atoms with van der Waals surface area (Å²) >= 11 is 0. The molecule has 9 heteroatoms. The number of aryl methyl sites for hydroxylation is 1. The Hall–Kier alpha value is -1.93. The predicted molar refractivity (Wildman–Crippen MR) is 103 cm³/mol. The Kier molecular flexibility index (Phi) is 7.16. The van der Waals surface area contributed by atoms with Crippen molar-refractivity contribution in [2.24, 2.45) is 7.05 Å². The number of aromatic nitrogens is 5. The summed E-state index contributed by atoms with van der Waals surface area (Å²) in [5, 5.41) is 15.1. The lowest BCUT2D eigenvalue weighted by atomic mass is 9.98. The first-order valence-electron chi connectivity index (χ1n) is 9.10. The van der Waals surface area contributed by atoms with Gasteiger partial charge in [-0.05, 0) is 44.8 Å². The first-order valence-corrected chi connectivity index (χ1v) is 9.10. The normalized spacial score (nSPS) is 15.1. The Morgan fingerprint density at radius 1 is 1.31 bits per heavy atom. The molecule has 8 nitrogen and oxygen atoms in total. The Morgan fingerprint density at radius 3 is 2.65 bits per heavy atom. The minimum absolute atomic E-state index is 0. The number of hydrogen-bond acceptors (Lipinski definition) is 5. The molecule has 3 heterocycles. The number of halogens is 1. The molecule has 0 aromatic carbocycles. The fourth-order valence-electron chi connectivity index (χ4n) is 3.26. The maximum Gasteiger partial charge on any atom is 0.278 e. The van der Waals surface area contributed by atoms with Gasteiger partial charge in [0.1, 0.15) is 0 Å². The van der Waals surface area contributed by atoms with E-state index in [1.54, 1.807) is 17.8 Å². The molecule has 1 amide bonds. The second kappa shape index (κ2) is 9.14. The SMILES string of the molecule is CCC(CC)n1ccc(C(=O)Nc2nc(C3CCNCC3)nn2C)n1.Cl. The third-order valence-corrected chi connectivity index (χ3v) is 4.87. The number of piperidine rings is 1. The number of rotatable bonds is 6. The van der Waals surface area contributed by atoms with E-state index in [1.807, 2.05) is 10.9 Å². The van der Waals surface area contributed by atoms with Crippen LogP contribution in [-0.2, 0) is 7.05 Å². The molecule has 0 radical (unpaired) electrons. The smallest absolute Gasteiger partial charge is 0.278 e. The molecule has 0 spiro atoms. The van der Waals surface area contributed by atoms with Crippen LogP contribution in [0.3, 0.4) is 0 Å². The number of amides is 1. The van der Waals surface area contributed by atoms with Gasteiger partial charge in [-0.15, -0.1) is 12.4 Å². The van der Waals surface area contributed by atoms with Crippen LogP contribution >= 0.6 is 12.4 Å². The molecule has 26 heavy (non-hydrogen) atoms. The van der Waals surface area contributed by atoms with Crippen LogP contribution in [0.15, 0.2) is 12.3 Å². The van der Waals surface area contributed by atoms with Gasteiger partial charge in [0.05, 0.1) is 6.04 Å². The molecule has 2 aromatic rings. The molecule has 1 saturated heterocycles. The van der Waals surface area contributed by atoms with Crippen molar-refractivity contribution in [3.63, 3.8) is 0 Å². The summed E-state index contributed by atoms with van der Waals surface area (Å²) in [6, 6.07) is 2.07. The summed E-state index contributed by atoms with van der Waals surface area (Å²) in [6.07, 6.45) is 5.89. The van der Waals surface area contributed by atoms with Gasteiger partial charge in [-0.1, -0.05) is 13.8 Å². The zero-order chi connectivity index (χ0) is 17.8. The predicted octanol–water partition coefficient (Wildman–Crippen LogP) is 2.51. The monoisotopic (exact) mass is 381 g/mol. The molecule has 0 unspecified atom stereocenters. The van der Waals surface area contributed by atoms with E-state index in [0.717, 1.165) is 44.6 Å². The zero-order valence-corrected chi connectivity index (χ0v) is 16.4. The van der Waals surface area contributed by atoms with Crippen molar-refractivity contribution in [2.45, 2.75) is 51.5 Å². The van der Waals surface area contributed by atoms with E-state index in [4.69, 9.17) is 0 Å². The lowest BCUT2D eigenvalue weighted by Gasteiger charge is -2.19. The summed E-state index contributed by atoms with van der Waals surface area (Å²) in [5.41, 5.74) is 0.401. The van der Waals surface area contributed by atoms with E-state index >= 15 is 0 Å². The molecule has 2 N–H and O–H groups in total. The Morgan fingerprint density at radius 2 is 2.00 bits per heavy atom. The summed E-state index contributed by atoms with van der Waals surface area (Å²) in [6.45, 7) is 6.21. The van der Waals surface area contributed by atoms with E-state index < -0.39 is 0 Å². The highest BCUT2D eigenvalue weighted by atomic mass is 35.5. The zero-order valence-electron chi connectivity index (χ0n) is 15.6. The van der Waals surface area contributed by atoms with Crippen molar-refractivity contribution in [2.75, 3.05) is 18.4 Å². The van der Waals surface area contributed by atoms with Crippen molar-refractivity contribution < 1.29 is 4.79 Å². The van der Waals surface area contributed by atoms with Gasteiger partial charge in [0.25, 0.3) is 5.91 Å². The quantitative estimate of drug-likeness (QED) is 0.802. The van der Waals surface area contributed by atoms with Crippen LogP contribution in [0.5, 0.6) is 0 Å². The first-order chi connectivity index (χ1) is 12.1. The summed E-state index contributed by atoms with van der Waals surface area (Å²) < 4.78 is 3.50. The van der Waals surface area contributed by atoms with E-state index in [9.17, 15) is 4.79 Å². The third kappa shape index (κ3) is 4.42. The van der Waals surface area contributed by atoms with E-state index in [0.29, 0.717) is 23.6 Å². The van der Waals surface area contributed by atoms with Crippen molar-refractivity contribution in [3.8, 4) is 0 Å². The van der Waals surface area contributed by atoms with Crippen LogP contribution in [0.1, 0.15) is 67.8 Å². The van der Waals surface area contributed by atoms with Gasteiger partial charge >= 0.3 is 0 Å². The highest BCUT2D eigenvalue weighted by Gasteiger charge is 2.22. The topological polar surface area (TPSA) is 89.7 Å². The van der Waals surface area contributed by atoms with Crippen LogP contribution in [0, 0.1) is 0 Å². The van der Waals surface area contributed by atoms with E-state index in [2.05, 4.69) is 39.7 Å². The molecule has 0 bridgehead atoms. The second-order valence-corrected chi connectivity index (χ2v) is 6.55. The summed E-state index contributed by atoms with van der Waals surface area (Å²) in [7, 11) is 1.80. The molecule has 1 fully saturated rings. The second-order valence-electron chi connectivity index (χ2n) is 6.55. The highest BCUT2D eigenvalue weighted by Crippen LogP contribution is 2.23. The van der Waals surface area contributed by atoms with Crippen molar-refractivity contribution >= 4 is 24.3 Å². The van der Waals surface area contributed by atoms with Gasteiger partial charge in [-0.2, -0.15) is 15.2 Å². The first kappa shape index (κ1) is 20.4. The minimum atomic E-state index is -0.253. The Labute approximate surface area is 160 Å². The van der Waals surface area contributed by atoms with Gasteiger partial charge in [-0.3, -0.25) is 14.8 Å². The van der Waals surface area contributed by atoms with Crippen LogP contribution in [-0.4, -0.2) is 43.5 Å². The number of hydrogen-bond donors (Lipinski definition) is 2. The summed E-state index contributed by atoms with van der Waals surface area (Å²) in [5.74, 6) is 1.38. The summed E-state index contributed by atoms with van der Waals surface area (Å²) in [4.78, 5) is 17.0. The molecular formula is C17H28ClN7O. The fourth-order valence-corrected chi connectivity index (χ4v) is 3.26. The molecule has 1 aliphatic heterocycles. The average molecular weight is 382 g/mol. The van der Waals surface area contributed by atoms with E-state index in [1.165, 1.54) is 0 Å². The number of carbonyl (C=O) groups excluding carboxylic acids is 1. The number of anilines is 1. The van der Waals surface area contributed by atoms with Crippen LogP contribution in [0.4, 0.5) is 5.95 Å². The van der Waals surface area contributed by atoms with Crippen LogP contribution in [0.25, 0.3) is 0 Å². The molecule has 0 atom stereocenters. The number of carbonyl (C=O) groups is 1. The minimum Gasteiger partial charge on any atom is -0.317 e. The number of nitrogens with zero attached hydrogens (tertiary/aromatic N) is 5. The van der Waals surface area contributed by atoms with Crippen LogP contribution < -0.4 is 10.6 Å².